The molecule has 0 aliphatic rings. The molecule has 0 atom stereocenters. The van der Waals surface area contributed by atoms with E-state index in [2.05, 4.69) is 10.1 Å². The average molecular weight is 251 g/mol. The summed E-state index contributed by atoms with van der Waals surface area (Å²) in [6.45, 7) is 1.91. The highest BCUT2D eigenvalue weighted by atomic mass is 35.5. The molecule has 2 aromatic rings. The highest BCUT2D eigenvalue weighted by Gasteiger charge is 2.10. The van der Waals surface area contributed by atoms with Gasteiger partial charge in [0, 0.05) is 13.2 Å². The van der Waals surface area contributed by atoms with Crippen LogP contribution in [-0.4, -0.2) is 14.8 Å². The van der Waals surface area contributed by atoms with Gasteiger partial charge in [-0.05, 0) is 37.5 Å². The van der Waals surface area contributed by atoms with Crippen molar-refractivity contribution in [1.82, 2.24) is 14.8 Å². The first-order valence-electron chi connectivity index (χ1n) is 5.46. The third-order valence-electron chi connectivity index (χ3n) is 2.76. The number of pyridine rings is 1. The van der Waals surface area contributed by atoms with Crippen molar-refractivity contribution in [3.63, 3.8) is 0 Å². The van der Waals surface area contributed by atoms with Gasteiger partial charge >= 0.3 is 0 Å². The molecule has 2 rings (SSSR count). The molecule has 2 aromatic heterocycles. The first-order valence-corrected chi connectivity index (χ1v) is 5.84. The minimum atomic E-state index is 0.551. The number of hydrogen-bond donors (Lipinski definition) is 1. The van der Waals surface area contributed by atoms with Gasteiger partial charge in [0.15, 0.2) is 0 Å². The van der Waals surface area contributed by atoms with Gasteiger partial charge in [0.1, 0.15) is 5.82 Å². The predicted molar refractivity (Wildman–Crippen MR) is 69.0 cm³/mol. The number of anilines is 1. The Balaban J connectivity index is 2.12. The van der Waals surface area contributed by atoms with Crippen LogP contribution in [0.4, 0.5) is 5.82 Å². The Hall–Kier alpha value is -1.55. The van der Waals surface area contributed by atoms with Gasteiger partial charge < -0.3 is 5.73 Å². The second kappa shape index (κ2) is 4.75. The summed E-state index contributed by atoms with van der Waals surface area (Å²) in [6.07, 6.45) is 3.45. The summed E-state index contributed by atoms with van der Waals surface area (Å²) < 4.78 is 1.84. The van der Waals surface area contributed by atoms with Crippen LogP contribution in [0.1, 0.15) is 17.0 Å². The van der Waals surface area contributed by atoms with Crippen LogP contribution >= 0.6 is 11.6 Å². The number of aromatic nitrogens is 3. The second-order valence-corrected chi connectivity index (χ2v) is 4.44. The molecular formula is C12H15ClN4. The van der Waals surface area contributed by atoms with Crippen LogP contribution in [0.3, 0.4) is 0 Å². The van der Waals surface area contributed by atoms with E-state index in [0.717, 1.165) is 34.8 Å². The molecule has 0 saturated heterocycles. The van der Waals surface area contributed by atoms with Crippen LogP contribution in [0.15, 0.2) is 18.3 Å². The molecule has 0 unspecified atom stereocenters. The van der Waals surface area contributed by atoms with Crippen molar-refractivity contribution < 1.29 is 0 Å². The van der Waals surface area contributed by atoms with Crippen LogP contribution in [-0.2, 0) is 19.9 Å². The van der Waals surface area contributed by atoms with Gasteiger partial charge in [-0.3, -0.25) is 4.68 Å². The van der Waals surface area contributed by atoms with Crippen molar-refractivity contribution in [1.29, 1.82) is 0 Å². The van der Waals surface area contributed by atoms with Crippen molar-refractivity contribution in [2.75, 3.05) is 5.73 Å². The minimum Gasteiger partial charge on any atom is -0.384 e. The molecule has 0 amide bonds. The third-order valence-corrected chi connectivity index (χ3v) is 3.25. The molecule has 4 nitrogen and oxygen atoms in total. The smallest absolute Gasteiger partial charge is 0.123 e. The van der Waals surface area contributed by atoms with Crippen molar-refractivity contribution in [2.24, 2.45) is 7.05 Å². The number of nitrogens with zero attached hydrogens (tertiary/aromatic N) is 3. The number of nitrogen functional groups attached to an aromatic ring is 1. The van der Waals surface area contributed by atoms with Crippen LogP contribution in [0.2, 0.25) is 5.02 Å². The fourth-order valence-corrected chi connectivity index (χ4v) is 2.12. The number of halogens is 1. The third kappa shape index (κ3) is 2.58. The summed E-state index contributed by atoms with van der Waals surface area (Å²) in [4.78, 5) is 3.97. The standard InChI is InChI=1S/C12H15ClN4/c1-8-12(13)10(17(2)16-8)4-3-9-5-6-15-11(14)7-9/h5-7H,3-4H2,1-2H3,(H2,14,15). The van der Waals surface area contributed by atoms with Crippen LogP contribution < -0.4 is 5.73 Å². The Kier molecular flexibility index (Phi) is 3.33. The topological polar surface area (TPSA) is 56.7 Å². The van der Waals surface area contributed by atoms with Gasteiger partial charge in [-0.2, -0.15) is 5.10 Å². The molecule has 0 radical (unpaired) electrons. The summed E-state index contributed by atoms with van der Waals surface area (Å²) in [6, 6.07) is 3.85. The van der Waals surface area contributed by atoms with E-state index in [-0.39, 0.29) is 0 Å². The Labute approximate surface area is 105 Å². The van der Waals surface area contributed by atoms with Crippen molar-refractivity contribution in [3.05, 3.63) is 40.3 Å². The van der Waals surface area contributed by atoms with E-state index < -0.39 is 0 Å². The van der Waals surface area contributed by atoms with E-state index in [1.54, 1.807) is 6.20 Å². The zero-order valence-corrected chi connectivity index (χ0v) is 10.7. The summed E-state index contributed by atoms with van der Waals surface area (Å²) in [5.74, 6) is 0.551. The Morgan fingerprint density at radius 3 is 2.76 bits per heavy atom. The molecule has 2 N–H and O–H groups in total. The normalized spacial score (nSPS) is 10.8. The molecule has 0 fully saturated rings. The van der Waals surface area contributed by atoms with Gasteiger partial charge in [-0.25, -0.2) is 4.98 Å². The van der Waals surface area contributed by atoms with Gasteiger partial charge in [0.25, 0.3) is 0 Å². The number of aryl methyl sites for hydroxylation is 3. The van der Waals surface area contributed by atoms with Crippen LogP contribution in [0.25, 0.3) is 0 Å². The maximum Gasteiger partial charge on any atom is 0.123 e. The minimum absolute atomic E-state index is 0.551. The largest absolute Gasteiger partial charge is 0.384 e. The van der Waals surface area contributed by atoms with E-state index in [1.165, 1.54) is 0 Å². The zero-order chi connectivity index (χ0) is 12.4. The summed E-state index contributed by atoms with van der Waals surface area (Å²) >= 11 is 6.19. The Bertz CT molecular complexity index is 533. The molecule has 0 saturated carbocycles. The van der Waals surface area contributed by atoms with E-state index in [9.17, 15) is 0 Å². The van der Waals surface area contributed by atoms with Gasteiger partial charge in [0.2, 0.25) is 0 Å². The van der Waals surface area contributed by atoms with Gasteiger partial charge in [-0.1, -0.05) is 11.6 Å². The van der Waals surface area contributed by atoms with Crippen LogP contribution in [0.5, 0.6) is 0 Å². The fourth-order valence-electron chi connectivity index (χ4n) is 1.86. The number of nitrogens with two attached hydrogens (primary N) is 1. The lowest BCUT2D eigenvalue weighted by Crippen LogP contribution is -2.01. The van der Waals surface area contributed by atoms with Crippen molar-refractivity contribution in [3.8, 4) is 0 Å². The summed E-state index contributed by atoms with van der Waals surface area (Å²) in [7, 11) is 1.91. The molecule has 0 spiro atoms. The van der Waals surface area contributed by atoms with E-state index >= 15 is 0 Å². The maximum atomic E-state index is 6.19. The molecule has 90 valence electrons. The lowest BCUT2D eigenvalue weighted by molar-refractivity contribution is 0.697. The molecule has 2 heterocycles. The highest BCUT2D eigenvalue weighted by molar-refractivity contribution is 6.31. The molecule has 17 heavy (non-hydrogen) atoms. The van der Waals surface area contributed by atoms with E-state index in [4.69, 9.17) is 17.3 Å². The van der Waals surface area contributed by atoms with Crippen LogP contribution in [0, 0.1) is 6.92 Å². The molecule has 5 heteroatoms. The second-order valence-electron chi connectivity index (χ2n) is 4.06. The molecular weight excluding hydrogens is 236 g/mol. The average Bonchev–Trinajstić information content (AvgIpc) is 2.51. The Morgan fingerprint density at radius 2 is 2.18 bits per heavy atom. The van der Waals surface area contributed by atoms with Gasteiger partial charge in [-0.15, -0.1) is 0 Å². The van der Waals surface area contributed by atoms with E-state index in [1.807, 2.05) is 30.8 Å². The highest BCUT2D eigenvalue weighted by Crippen LogP contribution is 2.21. The summed E-state index contributed by atoms with van der Waals surface area (Å²) in [5.41, 5.74) is 8.73. The SMILES string of the molecule is Cc1nn(C)c(CCc2ccnc(N)c2)c1Cl. The molecule has 0 aliphatic heterocycles. The fraction of sp³-hybridized carbons (Fsp3) is 0.333. The zero-order valence-electron chi connectivity index (χ0n) is 9.94. The first kappa shape index (κ1) is 11.9. The van der Waals surface area contributed by atoms with E-state index in [0.29, 0.717) is 5.82 Å². The molecule has 0 bridgehead atoms. The monoisotopic (exact) mass is 250 g/mol. The quantitative estimate of drug-likeness (QED) is 0.908. The lowest BCUT2D eigenvalue weighted by Gasteiger charge is -2.04. The predicted octanol–water partition coefficient (Wildman–Crippen LogP) is 2.14. The van der Waals surface area contributed by atoms with Crippen molar-refractivity contribution >= 4 is 17.4 Å². The molecule has 0 aromatic carbocycles. The number of rotatable bonds is 3. The maximum absolute atomic E-state index is 6.19. The molecule has 0 aliphatic carbocycles. The lowest BCUT2D eigenvalue weighted by atomic mass is 10.1. The first-order chi connectivity index (χ1) is 8.08. The Morgan fingerprint density at radius 1 is 1.41 bits per heavy atom. The van der Waals surface area contributed by atoms with Crippen molar-refractivity contribution in [2.45, 2.75) is 19.8 Å². The number of hydrogen-bond acceptors (Lipinski definition) is 3. The summed E-state index contributed by atoms with van der Waals surface area (Å²) in [5, 5.41) is 5.05. The van der Waals surface area contributed by atoms with Gasteiger partial charge in [0.05, 0.1) is 16.4 Å².